The molecule has 0 fully saturated rings. The Labute approximate surface area is 174 Å². The molecule has 2 N–H and O–H groups in total. The van der Waals surface area contributed by atoms with Crippen LogP contribution in [0, 0.1) is 5.41 Å². The highest BCUT2D eigenvalue weighted by Crippen LogP contribution is 2.28. The molecule has 5 nitrogen and oxygen atoms in total. The van der Waals surface area contributed by atoms with Gasteiger partial charge in [0.05, 0.1) is 0 Å². The number of rotatable bonds is 2. The number of carbonyl (C=O) groups is 1. The summed E-state index contributed by atoms with van der Waals surface area (Å²) < 4.78 is 5.93. The number of oxazole rings is 1. The number of benzene rings is 3. The van der Waals surface area contributed by atoms with Crippen molar-refractivity contribution >= 4 is 50.8 Å². The first-order valence-corrected chi connectivity index (χ1v) is 9.73. The lowest BCUT2D eigenvalue weighted by molar-refractivity contribution is -0.126. The van der Waals surface area contributed by atoms with Gasteiger partial charge in [-0.1, -0.05) is 51.1 Å². The van der Waals surface area contributed by atoms with Crippen LogP contribution in [-0.2, 0) is 4.79 Å². The SMILES string of the molecule is CC(C)(C)C(=O)NC(=S)Nc1ccc2oc(-c3ccc4ccccc4c3)nc2c1. The van der Waals surface area contributed by atoms with Crippen molar-refractivity contribution in [2.45, 2.75) is 20.8 Å². The lowest BCUT2D eigenvalue weighted by atomic mass is 9.96. The number of hydrogen-bond acceptors (Lipinski definition) is 4. The van der Waals surface area contributed by atoms with E-state index in [9.17, 15) is 4.79 Å². The minimum atomic E-state index is -0.517. The Kier molecular flexibility index (Phi) is 4.80. The van der Waals surface area contributed by atoms with Gasteiger partial charge in [-0.2, -0.15) is 0 Å². The zero-order valence-electron chi connectivity index (χ0n) is 16.4. The first-order chi connectivity index (χ1) is 13.8. The van der Waals surface area contributed by atoms with E-state index in [1.54, 1.807) is 0 Å². The van der Waals surface area contributed by atoms with Crippen LogP contribution < -0.4 is 10.6 Å². The second-order valence-electron chi connectivity index (χ2n) is 7.92. The molecule has 0 saturated carbocycles. The summed E-state index contributed by atoms with van der Waals surface area (Å²) in [5.74, 6) is 0.419. The van der Waals surface area contributed by atoms with Gasteiger partial charge in [0.15, 0.2) is 10.7 Å². The number of thiocarbonyl (C=S) groups is 1. The van der Waals surface area contributed by atoms with E-state index in [0.717, 1.165) is 16.6 Å². The van der Waals surface area contributed by atoms with Gasteiger partial charge in [0, 0.05) is 16.7 Å². The largest absolute Gasteiger partial charge is 0.436 e. The van der Waals surface area contributed by atoms with Crippen LogP contribution in [0.3, 0.4) is 0 Å². The molecule has 1 heterocycles. The number of amides is 1. The Morgan fingerprint density at radius 3 is 2.52 bits per heavy atom. The van der Waals surface area contributed by atoms with Crippen molar-refractivity contribution in [3.05, 3.63) is 60.7 Å². The molecule has 0 atom stereocenters. The van der Waals surface area contributed by atoms with E-state index in [2.05, 4.69) is 39.9 Å². The average molecular weight is 404 g/mol. The molecule has 1 aromatic heterocycles. The van der Waals surface area contributed by atoms with Gasteiger partial charge < -0.3 is 15.1 Å². The van der Waals surface area contributed by atoms with Crippen LogP contribution in [0.2, 0.25) is 0 Å². The Hall–Kier alpha value is -3.25. The highest BCUT2D eigenvalue weighted by molar-refractivity contribution is 7.80. The fraction of sp³-hybridized carbons (Fsp3) is 0.174. The average Bonchev–Trinajstić information content (AvgIpc) is 3.10. The van der Waals surface area contributed by atoms with Gasteiger partial charge in [-0.25, -0.2) is 4.98 Å². The Morgan fingerprint density at radius 1 is 1.00 bits per heavy atom. The molecule has 6 heteroatoms. The van der Waals surface area contributed by atoms with Crippen LogP contribution in [0.15, 0.2) is 65.1 Å². The van der Waals surface area contributed by atoms with E-state index in [1.807, 2.05) is 57.2 Å². The third kappa shape index (κ3) is 4.12. The summed E-state index contributed by atoms with van der Waals surface area (Å²) in [6.45, 7) is 5.50. The minimum absolute atomic E-state index is 0.142. The number of hydrogen-bond donors (Lipinski definition) is 2. The Morgan fingerprint density at radius 2 is 1.76 bits per heavy atom. The molecule has 1 amide bonds. The number of nitrogens with one attached hydrogen (secondary N) is 2. The van der Waals surface area contributed by atoms with Crippen molar-refractivity contribution in [2.75, 3.05) is 5.32 Å². The molecular weight excluding hydrogens is 382 g/mol. The summed E-state index contributed by atoms with van der Waals surface area (Å²) in [5.41, 5.74) is 2.53. The highest BCUT2D eigenvalue weighted by Gasteiger charge is 2.22. The van der Waals surface area contributed by atoms with Crippen molar-refractivity contribution in [1.82, 2.24) is 10.3 Å². The molecule has 3 aromatic carbocycles. The molecular formula is C23H21N3O2S. The fourth-order valence-electron chi connectivity index (χ4n) is 2.90. The van der Waals surface area contributed by atoms with E-state index >= 15 is 0 Å². The third-order valence-electron chi connectivity index (χ3n) is 4.55. The van der Waals surface area contributed by atoms with E-state index in [0.29, 0.717) is 17.0 Å². The number of anilines is 1. The van der Waals surface area contributed by atoms with Crippen molar-refractivity contribution in [2.24, 2.45) is 5.41 Å². The molecule has 146 valence electrons. The molecule has 0 aliphatic carbocycles. The normalized spacial score (nSPS) is 11.6. The minimum Gasteiger partial charge on any atom is -0.436 e. The second-order valence-corrected chi connectivity index (χ2v) is 8.33. The zero-order valence-corrected chi connectivity index (χ0v) is 17.3. The maximum Gasteiger partial charge on any atom is 0.231 e. The molecule has 0 saturated heterocycles. The summed E-state index contributed by atoms with van der Waals surface area (Å²) in [4.78, 5) is 16.7. The summed E-state index contributed by atoms with van der Waals surface area (Å²) in [7, 11) is 0. The molecule has 0 unspecified atom stereocenters. The number of nitrogens with zero attached hydrogens (tertiary/aromatic N) is 1. The maximum atomic E-state index is 12.1. The summed E-state index contributed by atoms with van der Waals surface area (Å²) in [6.07, 6.45) is 0. The first kappa shape index (κ1) is 19.1. The molecule has 4 aromatic rings. The van der Waals surface area contributed by atoms with Crippen LogP contribution in [0.4, 0.5) is 5.69 Å². The van der Waals surface area contributed by atoms with Gasteiger partial charge in [-0.3, -0.25) is 4.79 Å². The second kappa shape index (κ2) is 7.29. The van der Waals surface area contributed by atoms with E-state index in [4.69, 9.17) is 16.6 Å². The van der Waals surface area contributed by atoms with Crippen LogP contribution in [0.1, 0.15) is 20.8 Å². The summed E-state index contributed by atoms with van der Waals surface area (Å²) in [5, 5.41) is 8.29. The maximum absolute atomic E-state index is 12.1. The number of carbonyl (C=O) groups excluding carboxylic acids is 1. The number of fused-ring (bicyclic) bond motifs is 2. The summed E-state index contributed by atoms with van der Waals surface area (Å²) in [6, 6.07) is 19.8. The Balaban J connectivity index is 1.57. The van der Waals surface area contributed by atoms with Gasteiger partial charge >= 0.3 is 0 Å². The first-order valence-electron chi connectivity index (χ1n) is 9.32. The van der Waals surface area contributed by atoms with Crippen molar-refractivity contribution < 1.29 is 9.21 Å². The Bertz CT molecular complexity index is 1240. The third-order valence-corrected chi connectivity index (χ3v) is 4.75. The quantitative estimate of drug-likeness (QED) is 0.432. The molecule has 0 spiro atoms. The molecule has 29 heavy (non-hydrogen) atoms. The topological polar surface area (TPSA) is 67.2 Å². The molecule has 0 radical (unpaired) electrons. The van der Waals surface area contributed by atoms with E-state index in [1.165, 1.54) is 5.39 Å². The van der Waals surface area contributed by atoms with Gasteiger partial charge in [0.2, 0.25) is 11.8 Å². The van der Waals surface area contributed by atoms with Gasteiger partial charge in [-0.15, -0.1) is 0 Å². The van der Waals surface area contributed by atoms with Gasteiger partial charge in [0.1, 0.15) is 5.52 Å². The zero-order chi connectivity index (χ0) is 20.6. The van der Waals surface area contributed by atoms with Crippen molar-refractivity contribution in [3.63, 3.8) is 0 Å². The standard InChI is InChI=1S/C23H21N3O2S/c1-23(2,3)21(27)26-22(29)24-17-10-11-19-18(13-17)25-20(28-19)16-9-8-14-6-4-5-7-15(14)12-16/h4-13H,1-3H3,(H2,24,26,27,29). The summed E-state index contributed by atoms with van der Waals surface area (Å²) >= 11 is 5.24. The molecule has 0 aliphatic rings. The molecule has 0 bridgehead atoms. The van der Waals surface area contributed by atoms with Crippen LogP contribution in [0.25, 0.3) is 33.3 Å². The van der Waals surface area contributed by atoms with Crippen molar-refractivity contribution in [3.8, 4) is 11.5 Å². The van der Waals surface area contributed by atoms with Crippen LogP contribution in [0.5, 0.6) is 0 Å². The van der Waals surface area contributed by atoms with Crippen molar-refractivity contribution in [1.29, 1.82) is 0 Å². The predicted molar refractivity (Wildman–Crippen MR) is 121 cm³/mol. The molecule has 0 aliphatic heterocycles. The van der Waals surface area contributed by atoms with Crippen LogP contribution >= 0.6 is 12.2 Å². The lowest BCUT2D eigenvalue weighted by Gasteiger charge is -2.18. The highest BCUT2D eigenvalue weighted by atomic mass is 32.1. The monoisotopic (exact) mass is 403 g/mol. The van der Waals surface area contributed by atoms with E-state index in [-0.39, 0.29) is 11.0 Å². The van der Waals surface area contributed by atoms with Gasteiger partial charge in [-0.05, 0) is 53.3 Å². The van der Waals surface area contributed by atoms with Crippen LogP contribution in [-0.4, -0.2) is 16.0 Å². The molecule has 4 rings (SSSR count). The number of aromatic nitrogens is 1. The fourth-order valence-corrected chi connectivity index (χ4v) is 3.11. The van der Waals surface area contributed by atoms with E-state index < -0.39 is 5.41 Å². The smallest absolute Gasteiger partial charge is 0.231 e. The predicted octanol–water partition coefficient (Wildman–Crippen LogP) is 5.51. The van der Waals surface area contributed by atoms with Gasteiger partial charge in [0.25, 0.3) is 0 Å². The lowest BCUT2D eigenvalue weighted by Crippen LogP contribution is -2.41.